The largest absolute Gasteiger partial charge is 0.495 e. The fourth-order valence-corrected chi connectivity index (χ4v) is 6.93. The number of nitrogens with one attached hydrogen (secondary N) is 1. The summed E-state index contributed by atoms with van der Waals surface area (Å²) in [4.78, 5) is 38.3. The van der Waals surface area contributed by atoms with Gasteiger partial charge in [0.15, 0.2) is 0 Å². The van der Waals surface area contributed by atoms with Gasteiger partial charge in [-0.1, -0.05) is 13.8 Å². The second-order valence-electron chi connectivity index (χ2n) is 15.0. The van der Waals surface area contributed by atoms with Crippen LogP contribution in [0.25, 0.3) is 11.1 Å². The molecule has 5 rings (SSSR count). The van der Waals surface area contributed by atoms with Gasteiger partial charge in [0.1, 0.15) is 17.7 Å². The van der Waals surface area contributed by atoms with Crippen LogP contribution in [0.3, 0.4) is 0 Å². The van der Waals surface area contributed by atoms with E-state index in [2.05, 4.69) is 30.3 Å². The van der Waals surface area contributed by atoms with Crippen molar-refractivity contribution in [2.45, 2.75) is 104 Å². The summed E-state index contributed by atoms with van der Waals surface area (Å²) in [5.74, 6) is 2.13. The first-order valence-corrected chi connectivity index (χ1v) is 17.8. The second-order valence-corrected chi connectivity index (χ2v) is 15.0. The summed E-state index contributed by atoms with van der Waals surface area (Å²) in [5.41, 5.74) is 3.58. The minimum absolute atomic E-state index is 0.0304. The van der Waals surface area contributed by atoms with Crippen LogP contribution in [-0.4, -0.2) is 69.8 Å². The minimum atomic E-state index is -0.477. The zero-order valence-electron chi connectivity index (χ0n) is 30.0. The molecule has 2 aliphatic rings. The van der Waals surface area contributed by atoms with Gasteiger partial charge in [0, 0.05) is 66.6 Å². The fourth-order valence-electron chi connectivity index (χ4n) is 6.93. The van der Waals surface area contributed by atoms with Crippen LogP contribution in [0.15, 0.2) is 42.9 Å². The van der Waals surface area contributed by atoms with Gasteiger partial charge in [0.05, 0.1) is 19.0 Å². The molecule has 3 aromatic heterocycles. The summed E-state index contributed by atoms with van der Waals surface area (Å²) >= 11 is 0. The molecule has 0 unspecified atom stereocenters. The van der Waals surface area contributed by atoms with Crippen LogP contribution in [-0.2, 0) is 9.53 Å². The lowest BCUT2D eigenvalue weighted by Crippen LogP contribution is -2.43. The number of carbonyl (C=O) groups is 2. The van der Waals surface area contributed by atoms with Crippen LogP contribution < -0.4 is 15.0 Å². The molecule has 2 saturated carbocycles. The Morgan fingerprint density at radius 3 is 2.43 bits per heavy atom. The molecule has 2 fully saturated rings. The first kappa shape index (κ1) is 36.3. The Kier molecular flexibility index (Phi) is 12.0. The van der Waals surface area contributed by atoms with Crippen molar-refractivity contribution in [1.29, 1.82) is 0 Å². The Morgan fingerprint density at radius 1 is 1.06 bits per heavy atom. The molecular formula is C38H54N6O5. The van der Waals surface area contributed by atoms with Gasteiger partial charge in [-0.3, -0.25) is 19.4 Å². The lowest BCUT2D eigenvalue weighted by molar-refractivity contribution is -0.124. The summed E-state index contributed by atoms with van der Waals surface area (Å²) in [6.07, 6.45) is 11.6. The van der Waals surface area contributed by atoms with E-state index in [0.29, 0.717) is 56.4 Å². The quantitative estimate of drug-likeness (QED) is 0.213. The zero-order valence-corrected chi connectivity index (χ0v) is 30.0. The van der Waals surface area contributed by atoms with Gasteiger partial charge in [0.25, 0.3) is 0 Å². The van der Waals surface area contributed by atoms with Crippen LogP contribution in [0.2, 0.25) is 0 Å². The van der Waals surface area contributed by atoms with Gasteiger partial charge in [-0.05, 0) is 108 Å². The van der Waals surface area contributed by atoms with Crippen molar-refractivity contribution in [3.8, 4) is 16.9 Å². The topological polar surface area (TPSA) is 132 Å². The highest BCUT2D eigenvalue weighted by Crippen LogP contribution is 2.38. The number of anilines is 1. The lowest BCUT2D eigenvalue weighted by Gasteiger charge is -2.35. The van der Waals surface area contributed by atoms with Crippen molar-refractivity contribution in [2.75, 3.05) is 31.7 Å². The number of aryl methyl sites for hydroxylation is 1. The third-order valence-corrected chi connectivity index (χ3v) is 10.2. The average molecular weight is 675 g/mol. The predicted octanol–water partition coefficient (Wildman–Crippen LogP) is 6.85. The van der Waals surface area contributed by atoms with E-state index in [4.69, 9.17) is 19.4 Å². The summed E-state index contributed by atoms with van der Waals surface area (Å²) in [7, 11) is 1.67. The number of aliphatic hydroxyl groups excluding tert-OH is 1. The molecule has 0 bridgehead atoms. The fraction of sp³-hybridized carbons (Fsp3) is 0.605. The highest BCUT2D eigenvalue weighted by atomic mass is 16.6. The van der Waals surface area contributed by atoms with Gasteiger partial charge >= 0.3 is 6.09 Å². The number of rotatable bonds is 12. The number of aromatic nitrogens is 4. The Balaban J connectivity index is 1.27. The van der Waals surface area contributed by atoms with Crippen molar-refractivity contribution in [1.82, 2.24) is 25.1 Å². The second kappa shape index (κ2) is 16.1. The van der Waals surface area contributed by atoms with Crippen molar-refractivity contribution >= 4 is 17.8 Å². The number of methoxy groups -OCH3 is 1. The number of alkyl carbamates (subject to hydrolysis) is 1. The molecule has 2 aliphatic carbocycles. The number of pyridine rings is 2. The van der Waals surface area contributed by atoms with Gasteiger partial charge in [-0.15, -0.1) is 0 Å². The normalized spacial score (nSPS) is 21.3. The highest BCUT2D eigenvalue weighted by Gasteiger charge is 2.34. The van der Waals surface area contributed by atoms with Gasteiger partial charge in [0.2, 0.25) is 5.91 Å². The summed E-state index contributed by atoms with van der Waals surface area (Å²) in [5, 5.41) is 16.8. The molecule has 0 aromatic carbocycles. The van der Waals surface area contributed by atoms with Crippen LogP contribution in [0.4, 0.5) is 10.6 Å². The zero-order chi connectivity index (χ0) is 35.1. The highest BCUT2D eigenvalue weighted by molar-refractivity contribution is 5.94. The third-order valence-electron chi connectivity index (χ3n) is 10.2. The molecule has 11 nitrogen and oxygen atoms in total. The summed E-state index contributed by atoms with van der Waals surface area (Å²) < 4.78 is 13.0. The number of carbonyl (C=O) groups excluding carboxylic acids is 2. The van der Waals surface area contributed by atoms with Crippen LogP contribution in [0, 0.1) is 24.2 Å². The number of aliphatic hydroxyl groups is 1. The van der Waals surface area contributed by atoms with Crippen LogP contribution >= 0.6 is 0 Å². The van der Waals surface area contributed by atoms with Gasteiger partial charge in [-0.2, -0.15) is 5.10 Å². The SMILES string of the molecule is COc1ccc(C2CCC(CN(C(=O)C3CCC(OC(=O)NCC(C)(C)CO)CC3)c3cc(-c4cnn(C(C)C)c4)ccn3)CC2)nc1C. The Labute approximate surface area is 290 Å². The van der Waals surface area contributed by atoms with Gasteiger partial charge < -0.3 is 19.9 Å². The molecule has 0 radical (unpaired) electrons. The molecule has 0 atom stereocenters. The molecule has 266 valence electrons. The number of hydrogen-bond donors (Lipinski definition) is 2. The first-order valence-electron chi connectivity index (χ1n) is 17.8. The molecule has 3 aromatic rings. The third kappa shape index (κ3) is 9.38. The maximum Gasteiger partial charge on any atom is 0.407 e. The summed E-state index contributed by atoms with van der Waals surface area (Å²) in [6.45, 7) is 10.8. The van der Waals surface area contributed by atoms with E-state index in [1.165, 1.54) is 0 Å². The Morgan fingerprint density at radius 2 is 1.80 bits per heavy atom. The van der Waals surface area contributed by atoms with E-state index in [9.17, 15) is 14.7 Å². The Hall–Kier alpha value is -3.99. The monoisotopic (exact) mass is 674 g/mol. The molecule has 11 heteroatoms. The number of ether oxygens (including phenoxy) is 2. The minimum Gasteiger partial charge on any atom is -0.495 e. The standard InChI is InChI=1S/C38H54N6O5/c1-25(2)44-22-31(20-41-44)30-17-18-39-35(19-30)43(21-27-7-9-28(10-8-27)33-15-16-34(48-6)26(3)42-33)36(46)29-11-13-32(14-12-29)49-37(47)40-23-38(4,5)24-45/h15-20,22,25,27-29,32,45H,7-14,21,23-24H2,1-6H3,(H,40,47). The van der Waals surface area contributed by atoms with E-state index >= 15 is 0 Å². The van der Waals surface area contributed by atoms with Crippen LogP contribution in [0.1, 0.15) is 102 Å². The number of hydrogen-bond acceptors (Lipinski definition) is 8. The van der Waals surface area contributed by atoms with Crippen molar-refractivity contribution in [2.24, 2.45) is 17.3 Å². The maximum absolute atomic E-state index is 14.4. The lowest BCUT2D eigenvalue weighted by atomic mass is 9.79. The molecule has 49 heavy (non-hydrogen) atoms. The molecule has 2 N–H and O–H groups in total. The smallest absolute Gasteiger partial charge is 0.407 e. The molecule has 2 amide bonds. The molecule has 0 spiro atoms. The molecule has 0 aliphatic heterocycles. The van der Waals surface area contributed by atoms with E-state index < -0.39 is 11.5 Å². The number of amides is 2. The van der Waals surface area contributed by atoms with Crippen molar-refractivity contribution < 1.29 is 24.2 Å². The van der Waals surface area contributed by atoms with E-state index in [1.807, 2.05) is 60.9 Å². The van der Waals surface area contributed by atoms with Crippen LogP contribution in [0.5, 0.6) is 5.75 Å². The summed E-state index contributed by atoms with van der Waals surface area (Å²) in [6, 6.07) is 8.33. The van der Waals surface area contributed by atoms with E-state index in [0.717, 1.165) is 53.9 Å². The maximum atomic E-state index is 14.4. The Bertz CT molecular complexity index is 1560. The van der Waals surface area contributed by atoms with E-state index in [1.54, 1.807) is 13.3 Å². The van der Waals surface area contributed by atoms with E-state index in [-0.39, 0.29) is 30.6 Å². The predicted molar refractivity (Wildman–Crippen MR) is 190 cm³/mol. The average Bonchev–Trinajstić information content (AvgIpc) is 3.61. The van der Waals surface area contributed by atoms with Crippen molar-refractivity contribution in [3.63, 3.8) is 0 Å². The van der Waals surface area contributed by atoms with Crippen molar-refractivity contribution in [3.05, 3.63) is 54.2 Å². The first-order chi connectivity index (χ1) is 23.5. The molecule has 0 saturated heterocycles. The molecular weight excluding hydrogens is 620 g/mol. The van der Waals surface area contributed by atoms with Gasteiger partial charge in [-0.25, -0.2) is 9.78 Å². The molecule has 3 heterocycles. The number of nitrogens with zero attached hydrogens (tertiary/aromatic N) is 5.